The number of carbonyl (C=O) groups excluding carboxylic acids is 1. The third-order valence-electron chi connectivity index (χ3n) is 6.18. The Morgan fingerprint density at radius 2 is 1.75 bits per heavy atom. The van der Waals surface area contributed by atoms with Crippen molar-refractivity contribution < 1.29 is 23.4 Å². The van der Waals surface area contributed by atoms with E-state index in [4.69, 9.17) is 18.6 Å². The number of Topliss-reactive ketones (excluding diaryl/α,β-unsaturated/α-hetero) is 1. The number of benzene rings is 3. The lowest BCUT2D eigenvalue weighted by molar-refractivity contribution is 0.0922. The molecule has 0 amide bonds. The fourth-order valence-corrected chi connectivity index (χ4v) is 4.49. The van der Waals surface area contributed by atoms with Gasteiger partial charge in [-0.1, -0.05) is 24.3 Å². The smallest absolute Gasteiger partial charge is 0.235 e. The van der Waals surface area contributed by atoms with Gasteiger partial charge in [0, 0.05) is 28.2 Å². The van der Waals surface area contributed by atoms with Gasteiger partial charge in [0.15, 0.2) is 23.9 Å². The van der Waals surface area contributed by atoms with E-state index in [1.807, 2.05) is 50.2 Å². The third kappa shape index (κ3) is 3.98. The predicted molar refractivity (Wildman–Crippen MR) is 139 cm³/mol. The maximum atomic E-state index is 13.7. The molecule has 0 aliphatic heterocycles. The summed E-state index contributed by atoms with van der Waals surface area (Å²) in [6, 6.07) is 16.4. The molecule has 0 fully saturated rings. The summed E-state index contributed by atoms with van der Waals surface area (Å²) in [6.07, 6.45) is 1.65. The second kappa shape index (κ2) is 9.26. The molecule has 0 atom stereocenters. The minimum atomic E-state index is -0.342. The Labute approximate surface area is 207 Å². The second-order valence-electron chi connectivity index (χ2n) is 8.57. The number of hydrogen-bond acceptors (Lipinski definition) is 6. The highest BCUT2D eigenvalue weighted by Gasteiger charge is 2.22. The Balaban J connectivity index is 1.62. The molecule has 5 aromatic rings. The van der Waals surface area contributed by atoms with E-state index < -0.39 is 0 Å². The summed E-state index contributed by atoms with van der Waals surface area (Å²) in [5.74, 6) is 0.929. The molecule has 2 aromatic heterocycles. The van der Waals surface area contributed by atoms with Gasteiger partial charge in [-0.3, -0.25) is 9.59 Å². The SMILES string of the molecule is COc1ccc(-c2oc3cc(C)cc(C)c3c(=O)c2OCC(=O)c2c[nH]c3ccccc23)cc1OC. The van der Waals surface area contributed by atoms with Crippen LogP contribution in [0, 0.1) is 13.8 Å². The molecule has 1 N–H and O–H groups in total. The third-order valence-corrected chi connectivity index (χ3v) is 6.18. The number of ether oxygens (including phenoxy) is 3. The maximum absolute atomic E-state index is 13.7. The van der Waals surface area contributed by atoms with E-state index in [0.717, 1.165) is 22.0 Å². The molecule has 0 saturated heterocycles. The molecule has 182 valence electrons. The van der Waals surface area contributed by atoms with E-state index in [-0.39, 0.29) is 29.3 Å². The summed E-state index contributed by atoms with van der Waals surface area (Å²) >= 11 is 0. The summed E-state index contributed by atoms with van der Waals surface area (Å²) in [5, 5.41) is 1.21. The molecule has 7 nitrogen and oxygen atoms in total. The number of ketones is 1. The van der Waals surface area contributed by atoms with Gasteiger partial charge in [-0.15, -0.1) is 0 Å². The number of aryl methyl sites for hydroxylation is 2. The predicted octanol–water partition coefficient (Wildman–Crippen LogP) is 5.84. The first-order valence-corrected chi connectivity index (χ1v) is 11.4. The summed E-state index contributed by atoms with van der Waals surface area (Å²) in [7, 11) is 3.08. The molecule has 0 spiro atoms. The van der Waals surface area contributed by atoms with Crippen molar-refractivity contribution in [3.8, 4) is 28.6 Å². The zero-order valence-electron chi connectivity index (χ0n) is 20.4. The van der Waals surface area contributed by atoms with Crippen LogP contribution < -0.4 is 19.6 Å². The number of rotatable bonds is 7. The van der Waals surface area contributed by atoms with Crippen molar-refractivity contribution in [3.05, 3.63) is 87.7 Å². The van der Waals surface area contributed by atoms with Gasteiger partial charge in [-0.25, -0.2) is 0 Å². The van der Waals surface area contributed by atoms with Gasteiger partial charge >= 0.3 is 0 Å². The van der Waals surface area contributed by atoms with Crippen LogP contribution in [0.4, 0.5) is 0 Å². The summed E-state index contributed by atoms with van der Waals surface area (Å²) < 4.78 is 23.0. The maximum Gasteiger partial charge on any atom is 0.235 e. The zero-order valence-corrected chi connectivity index (χ0v) is 20.4. The lowest BCUT2D eigenvalue weighted by atomic mass is 10.0. The van der Waals surface area contributed by atoms with Crippen molar-refractivity contribution in [2.75, 3.05) is 20.8 Å². The number of fused-ring (bicyclic) bond motifs is 2. The van der Waals surface area contributed by atoms with Crippen LogP contribution >= 0.6 is 0 Å². The molecule has 3 aromatic carbocycles. The molecule has 7 heteroatoms. The normalized spacial score (nSPS) is 11.1. The molecule has 0 radical (unpaired) electrons. The van der Waals surface area contributed by atoms with E-state index in [1.54, 1.807) is 31.5 Å². The largest absolute Gasteiger partial charge is 0.493 e. The molecule has 36 heavy (non-hydrogen) atoms. The molecular formula is C29H25NO6. The molecule has 0 unspecified atom stereocenters. The van der Waals surface area contributed by atoms with Crippen LogP contribution in [0.3, 0.4) is 0 Å². The Morgan fingerprint density at radius 1 is 0.972 bits per heavy atom. The number of methoxy groups -OCH3 is 2. The number of aromatic nitrogens is 1. The van der Waals surface area contributed by atoms with Crippen LogP contribution in [0.15, 0.2) is 70.0 Å². The van der Waals surface area contributed by atoms with E-state index in [9.17, 15) is 9.59 Å². The monoisotopic (exact) mass is 483 g/mol. The van der Waals surface area contributed by atoms with Crippen molar-refractivity contribution in [1.82, 2.24) is 4.98 Å². The quantitative estimate of drug-likeness (QED) is 0.293. The van der Waals surface area contributed by atoms with Gasteiger partial charge < -0.3 is 23.6 Å². The van der Waals surface area contributed by atoms with Crippen molar-refractivity contribution in [3.63, 3.8) is 0 Å². The molecule has 0 saturated carbocycles. The fraction of sp³-hybridized carbons (Fsp3) is 0.172. The summed E-state index contributed by atoms with van der Waals surface area (Å²) in [6.45, 7) is 3.46. The van der Waals surface area contributed by atoms with Crippen molar-refractivity contribution in [2.45, 2.75) is 13.8 Å². The van der Waals surface area contributed by atoms with Crippen LogP contribution in [0.2, 0.25) is 0 Å². The van der Waals surface area contributed by atoms with Gasteiger partial charge in [0.1, 0.15) is 5.58 Å². The lowest BCUT2D eigenvalue weighted by Crippen LogP contribution is -2.17. The first-order valence-electron chi connectivity index (χ1n) is 11.4. The molecule has 2 heterocycles. The van der Waals surface area contributed by atoms with E-state index >= 15 is 0 Å². The topological polar surface area (TPSA) is 90.8 Å². The van der Waals surface area contributed by atoms with Gasteiger partial charge in [0.2, 0.25) is 17.0 Å². The van der Waals surface area contributed by atoms with Gasteiger partial charge in [0.05, 0.1) is 19.6 Å². The van der Waals surface area contributed by atoms with Gasteiger partial charge in [-0.05, 0) is 55.3 Å². The number of para-hydroxylation sites is 1. The molecule has 0 aliphatic rings. The number of hydrogen-bond donors (Lipinski definition) is 1. The standard InChI is InChI=1S/C29H25NO6/c1-16-11-17(2)26-25(12-16)36-28(18-9-10-23(33-3)24(13-18)34-4)29(27(26)32)35-15-22(31)20-14-30-21-8-6-5-7-19(20)21/h5-14,30H,15H2,1-4H3. The van der Waals surface area contributed by atoms with Crippen molar-refractivity contribution >= 4 is 27.7 Å². The molecule has 5 rings (SSSR count). The minimum Gasteiger partial charge on any atom is -0.493 e. The Bertz CT molecular complexity index is 1680. The molecular weight excluding hydrogens is 458 g/mol. The Kier molecular flexibility index (Phi) is 5.98. The highest BCUT2D eigenvalue weighted by molar-refractivity contribution is 6.08. The highest BCUT2D eigenvalue weighted by atomic mass is 16.5. The zero-order chi connectivity index (χ0) is 25.4. The number of H-pyrrole nitrogens is 1. The lowest BCUT2D eigenvalue weighted by Gasteiger charge is -2.14. The van der Waals surface area contributed by atoms with Crippen LogP contribution in [-0.2, 0) is 0 Å². The molecule has 0 aliphatic carbocycles. The number of aromatic amines is 1. The van der Waals surface area contributed by atoms with Crippen molar-refractivity contribution in [2.24, 2.45) is 0 Å². The summed E-state index contributed by atoms with van der Waals surface area (Å²) in [4.78, 5) is 29.9. The van der Waals surface area contributed by atoms with E-state index in [1.165, 1.54) is 7.11 Å². The van der Waals surface area contributed by atoms with E-state index in [0.29, 0.717) is 33.6 Å². The second-order valence-corrected chi connectivity index (χ2v) is 8.57. The summed E-state index contributed by atoms with van der Waals surface area (Å²) in [5.41, 5.74) is 3.73. The average molecular weight is 484 g/mol. The van der Waals surface area contributed by atoms with Crippen LogP contribution in [0.25, 0.3) is 33.2 Å². The Hall–Kier alpha value is -4.52. The minimum absolute atomic E-state index is 0.0325. The highest BCUT2D eigenvalue weighted by Crippen LogP contribution is 2.37. The van der Waals surface area contributed by atoms with E-state index in [2.05, 4.69) is 4.98 Å². The van der Waals surface area contributed by atoms with Crippen LogP contribution in [-0.4, -0.2) is 31.6 Å². The van der Waals surface area contributed by atoms with Crippen LogP contribution in [0.1, 0.15) is 21.5 Å². The Morgan fingerprint density at radius 3 is 2.53 bits per heavy atom. The fourth-order valence-electron chi connectivity index (χ4n) is 4.49. The first kappa shape index (κ1) is 23.2. The van der Waals surface area contributed by atoms with Gasteiger partial charge in [-0.2, -0.15) is 0 Å². The number of nitrogens with one attached hydrogen (secondary N) is 1. The first-order chi connectivity index (χ1) is 17.4. The average Bonchev–Trinajstić information content (AvgIpc) is 3.31. The van der Waals surface area contributed by atoms with Crippen LogP contribution in [0.5, 0.6) is 17.2 Å². The number of carbonyl (C=O) groups is 1. The van der Waals surface area contributed by atoms with Crippen molar-refractivity contribution in [1.29, 1.82) is 0 Å². The molecule has 0 bridgehead atoms. The van der Waals surface area contributed by atoms with Gasteiger partial charge in [0.25, 0.3) is 0 Å².